The first-order valence-electron chi connectivity index (χ1n) is 6.58. The van der Waals surface area contributed by atoms with Gasteiger partial charge < -0.3 is 14.9 Å². The Balaban J connectivity index is 2.04. The molecule has 0 aliphatic heterocycles. The van der Waals surface area contributed by atoms with Gasteiger partial charge in [0.15, 0.2) is 0 Å². The second kappa shape index (κ2) is 6.34. The topological polar surface area (TPSA) is 50.1 Å². The number of nitrogens with one attached hydrogen (secondary N) is 1. The molecule has 0 bridgehead atoms. The van der Waals surface area contributed by atoms with E-state index in [0.29, 0.717) is 13.0 Å². The second-order valence-electron chi connectivity index (χ2n) is 4.66. The Morgan fingerprint density at radius 2 is 2.11 bits per heavy atom. The molecular weight excluding hydrogens is 226 g/mol. The van der Waals surface area contributed by atoms with Gasteiger partial charge in [0, 0.05) is 12.1 Å². The van der Waals surface area contributed by atoms with Gasteiger partial charge in [-0.15, -0.1) is 0 Å². The molecule has 3 nitrogen and oxygen atoms in total. The highest BCUT2D eigenvalue weighted by Gasteiger charge is 2.13. The minimum absolute atomic E-state index is 0.551. The summed E-state index contributed by atoms with van der Waals surface area (Å²) in [4.78, 5) is 10.2. The van der Waals surface area contributed by atoms with E-state index >= 15 is 0 Å². The van der Waals surface area contributed by atoms with Crippen LogP contribution in [0.5, 0.6) is 5.75 Å². The average Bonchev–Trinajstić information content (AvgIpc) is 2.57. The predicted molar refractivity (Wildman–Crippen MR) is 71.6 cm³/mol. The molecule has 1 aromatic carbocycles. The van der Waals surface area contributed by atoms with E-state index in [1.54, 1.807) is 0 Å². The Hall–Kier alpha value is -1.64. The number of benzene rings is 1. The first kappa shape index (κ1) is 12.8. The van der Waals surface area contributed by atoms with E-state index < -0.39 is 0 Å². The van der Waals surface area contributed by atoms with Crippen LogP contribution in [-0.4, -0.2) is 18.6 Å². The maximum absolute atomic E-state index is 10.2. The number of ether oxygens (including phenoxy) is 1. The third-order valence-corrected chi connectivity index (χ3v) is 3.26. The molecule has 0 unspecified atom stereocenters. The Morgan fingerprint density at radius 3 is 2.94 bits per heavy atom. The molecule has 3 heteroatoms. The fourth-order valence-corrected chi connectivity index (χ4v) is 2.27. The molecule has 0 saturated heterocycles. The van der Waals surface area contributed by atoms with Crippen LogP contribution < -0.4 is 4.74 Å². The summed E-state index contributed by atoms with van der Waals surface area (Å²) in [5, 5.41) is 7.99. The van der Waals surface area contributed by atoms with Crippen molar-refractivity contribution in [1.29, 1.82) is 5.41 Å². The van der Waals surface area contributed by atoms with Crippen LogP contribution in [0.15, 0.2) is 18.2 Å². The minimum Gasteiger partial charge on any atom is -0.494 e. The molecule has 0 heterocycles. The Kier molecular flexibility index (Phi) is 4.51. The van der Waals surface area contributed by atoms with E-state index in [2.05, 4.69) is 6.07 Å². The summed E-state index contributed by atoms with van der Waals surface area (Å²) in [5.74, 6) is 0.856. The monoisotopic (exact) mass is 245 g/mol. The zero-order valence-electron chi connectivity index (χ0n) is 10.6. The molecule has 2 rings (SSSR count). The molecule has 1 N–H and O–H groups in total. The molecule has 0 radical (unpaired) electrons. The summed E-state index contributed by atoms with van der Waals surface area (Å²) in [6.07, 6.45) is 6.39. The molecule has 0 atom stereocenters. The van der Waals surface area contributed by atoms with Gasteiger partial charge in [-0.2, -0.15) is 0 Å². The van der Waals surface area contributed by atoms with E-state index in [1.165, 1.54) is 5.56 Å². The van der Waals surface area contributed by atoms with Crippen LogP contribution in [0.25, 0.3) is 0 Å². The Labute approximate surface area is 108 Å². The van der Waals surface area contributed by atoms with Crippen molar-refractivity contribution in [2.75, 3.05) is 6.61 Å². The minimum atomic E-state index is 0.551. The van der Waals surface area contributed by atoms with Crippen molar-refractivity contribution in [1.82, 2.24) is 0 Å². The highest BCUT2D eigenvalue weighted by atomic mass is 16.5. The van der Waals surface area contributed by atoms with Gasteiger partial charge in [-0.3, -0.25) is 0 Å². The van der Waals surface area contributed by atoms with Crippen molar-refractivity contribution < 1.29 is 9.53 Å². The van der Waals surface area contributed by atoms with Crippen molar-refractivity contribution in [2.45, 2.75) is 38.5 Å². The number of fused-ring (bicyclic) bond motifs is 1. The van der Waals surface area contributed by atoms with Crippen LogP contribution in [0.3, 0.4) is 0 Å². The molecule has 0 spiro atoms. The quantitative estimate of drug-likeness (QED) is 0.492. The maximum atomic E-state index is 10.2. The number of carbonyl (C=O) groups is 1. The molecule has 0 amide bonds. The van der Waals surface area contributed by atoms with Crippen molar-refractivity contribution >= 4 is 12.0 Å². The van der Waals surface area contributed by atoms with Gasteiger partial charge in [0.05, 0.1) is 6.61 Å². The van der Waals surface area contributed by atoms with Gasteiger partial charge in [-0.05, 0) is 61.4 Å². The molecular formula is C15H19NO2. The van der Waals surface area contributed by atoms with Gasteiger partial charge >= 0.3 is 0 Å². The molecule has 0 fully saturated rings. The summed E-state index contributed by atoms with van der Waals surface area (Å²) in [5.41, 5.74) is 3.05. The Morgan fingerprint density at radius 1 is 1.28 bits per heavy atom. The standard InChI is InChI=1S/C15H19NO2/c16-15-6-2-1-5-12-11-13(7-8-14(12)15)18-10-4-3-9-17/h7-9,11,16H,1-6,10H2. The van der Waals surface area contributed by atoms with E-state index in [1.807, 2.05) is 12.1 Å². The van der Waals surface area contributed by atoms with Crippen LogP contribution in [-0.2, 0) is 11.2 Å². The summed E-state index contributed by atoms with van der Waals surface area (Å²) in [6, 6.07) is 5.98. The fourth-order valence-electron chi connectivity index (χ4n) is 2.27. The predicted octanol–water partition coefficient (Wildman–Crippen LogP) is 3.14. The van der Waals surface area contributed by atoms with Crippen LogP contribution in [0, 0.1) is 5.41 Å². The number of hydrogen-bond donors (Lipinski definition) is 1. The van der Waals surface area contributed by atoms with Crippen LogP contribution >= 0.6 is 0 Å². The molecule has 1 aliphatic rings. The number of carbonyl (C=O) groups excluding carboxylic acids is 1. The molecule has 1 aliphatic carbocycles. The Bertz CT molecular complexity index is 440. The van der Waals surface area contributed by atoms with Gasteiger partial charge in [-0.1, -0.05) is 0 Å². The van der Waals surface area contributed by atoms with E-state index in [4.69, 9.17) is 10.1 Å². The lowest BCUT2D eigenvalue weighted by atomic mass is 10.0. The highest BCUT2D eigenvalue weighted by molar-refractivity contribution is 5.99. The van der Waals surface area contributed by atoms with Crippen LogP contribution in [0.1, 0.15) is 43.2 Å². The summed E-state index contributed by atoms with van der Waals surface area (Å²) >= 11 is 0. The first-order valence-corrected chi connectivity index (χ1v) is 6.58. The zero-order chi connectivity index (χ0) is 12.8. The van der Waals surface area contributed by atoms with Crippen molar-refractivity contribution in [2.24, 2.45) is 0 Å². The van der Waals surface area contributed by atoms with Gasteiger partial charge in [0.1, 0.15) is 12.0 Å². The second-order valence-corrected chi connectivity index (χ2v) is 4.66. The maximum Gasteiger partial charge on any atom is 0.120 e. The summed E-state index contributed by atoms with van der Waals surface area (Å²) < 4.78 is 5.62. The SMILES string of the molecule is N=C1CCCCc2cc(OCCCC=O)ccc21. The number of rotatable bonds is 5. The highest BCUT2D eigenvalue weighted by Crippen LogP contribution is 2.24. The number of aldehydes is 1. The van der Waals surface area contributed by atoms with Gasteiger partial charge in [0.2, 0.25) is 0 Å². The molecule has 0 saturated carbocycles. The van der Waals surface area contributed by atoms with Crippen molar-refractivity contribution in [3.05, 3.63) is 29.3 Å². The van der Waals surface area contributed by atoms with Crippen molar-refractivity contribution in [3.63, 3.8) is 0 Å². The fraction of sp³-hybridized carbons (Fsp3) is 0.467. The van der Waals surface area contributed by atoms with E-state index in [0.717, 1.165) is 55.4 Å². The first-order chi connectivity index (χ1) is 8.81. The summed E-state index contributed by atoms with van der Waals surface area (Å²) in [6.45, 7) is 0.578. The van der Waals surface area contributed by atoms with E-state index in [-0.39, 0.29) is 0 Å². The third-order valence-electron chi connectivity index (χ3n) is 3.26. The molecule has 96 valence electrons. The van der Waals surface area contributed by atoms with Gasteiger partial charge in [-0.25, -0.2) is 0 Å². The molecule has 18 heavy (non-hydrogen) atoms. The van der Waals surface area contributed by atoms with Gasteiger partial charge in [0.25, 0.3) is 0 Å². The summed E-state index contributed by atoms with van der Waals surface area (Å²) in [7, 11) is 0. The van der Waals surface area contributed by atoms with Crippen LogP contribution in [0.4, 0.5) is 0 Å². The lowest BCUT2D eigenvalue weighted by Gasteiger charge is -2.10. The number of hydrogen-bond acceptors (Lipinski definition) is 3. The van der Waals surface area contributed by atoms with Crippen molar-refractivity contribution in [3.8, 4) is 5.75 Å². The number of aryl methyl sites for hydroxylation is 1. The largest absolute Gasteiger partial charge is 0.494 e. The molecule has 0 aromatic heterocycles. The lowest BCUT2D eigenvalue weighted by molar-refractivity contribution is -0.108. The van der Waals surface area contributed by atoms with E-state index in [9.17, 15) is 4.79 Å². The van der Waals surface area contributed by atoms with Crippen LogP contribution in [0.2, 0.25) is 0 Å². The average molecular weight is 245 g/mol. The molecule has 1 aromatic rings. The smallest absolute Gasteiger partial charge is 0.120 e. The zero-order valence-corrected chi connectivity index (χ0v) is 10.6. The number of unbranched alkanes of at least 4 members (excludes halogenated alkanes) is 1. The lowest BCUT2D eigenvalue weighted by Crippen LogP contribution is -2.02. The third kappa shape index (κ3) is 3.19. The normalized spacial score (nSPS) is 14.8.